The van der Waals surface area contributed by atoms with Crippen LogP contribution < -0.4 is 20.7 Å². The first kappa shape index (κ1) is 21.1. The minimum Gasteiger partial charge on any atom is -0.497 e. The molecule has 4 rings (SSSR count). The number of methoxy groups -OCH3 is 1. The molecule has 32 heavy (non-hydrogen) atoms. The number of benzene rings is 3. The minimum atomic E-state index is -0.527. The summed E-state index contributed by atoms with van der Waals surface area (Å²) in [7, 11) is 1.57. The smallest absolute Gasteiger partial charge is 0.275 e. The van der Waals surface area contributed by atoms with E-state index in [2.05, 4.69) is 16.0 Å². The molecular weight excluding hydrogens is 430 g/mol. The van der Waals surface area contributed by atoms with E-state index in [1.54, 1.807) is 79.9 Å². The summed E-state index contributed by atoms with van der Waals surface area (Å²) in [6.45, 7) is 0. The van der Waals surface area contributed by atoms with Gasteiger partial charge in [-0.25, -0.2) is 0 Å². The van der Waals surface area contributed by atoms with Gasteiger partial charge < -0.3 is 15.4 Å². The van der Waals surface area contributed by atoms with E-state index >= 15 is 0 Å². The lowest BCUT2D eigenvalue weighted by Crippen LogP contribution is -2.24. The number of carbonyl (C=O) groups excluding carboxylic acids is 3. The summed E-state index contributed by atoms with van der Waals surface area (Å²) >= 11 is 5.92. The number of hydrogen-bond donors (Lipinski definition) is 3. The van der Waals surface area contributed by atoms with Crippen molar-refractivity contribution >= 4 is 46.3 Å². The van der Waals surface area contributed by atoms with Gasteiger partial charge in [0.25, 0.3) is 17.7 Å². The number of imide groups is 1. The summed E-state index contributed by atoms with van der Waals surface area (Å²) in [5, 5.41) is 8.61. The van der Waals surface area contributed by atoms with Gasteiger partial charge in [-0.1, -0.05) is 23.7 Å². The SMILES string of the molecule is COc1ccc(NC(=O)c2ccc(NC3=C(c4ccc(Cl)cc4)C(=O)NC3=O)cc2)cc1. The molecule has 0 aromatic heterocycles. The van der Waals surface area contributed by atoms with E-state index in [-0.39, 0.29) is 17.2 Å². The minimum absolute atomic E-state index is 0.132. The van der Waals surface area contributed by atoms with Crippen LogP contribution in [0.5, 0.6) is 5.75 Å². The van der Waals surface area contributed by atoms with Crippen molar-refractivity contribution in [2.75, 3.05) is 17.7 Å². The molecule has 8 heteroatoms. The molecule has 0 saturated carbocycles. The number of anilines is 2. The van der Waals surface area contributed by atoms with Crippen LogP contribution in [0.4, 0.5) is 11.4 Å². The molecule has 3 aromatic rings. The van der Waals surface area contributed by atoms with Gasteiger partial charge in [0.1, 0.15) is 11.4 Å². The Hall–Kier alpha value is -4.10. The van der Waals surface area contributed by atoms with Gasteiger partial charge in [0.15, 0.2) is 0 Å². The molecule has 3 N–H and O–H groups in total. The standard InChI is InChI=1S/C24H18ClN3O4/c1-32-19-12-10-18(11-13-19)27-22(29)15-4-8-17(9-5-15)26-21-20(23(30)28-24(21)31)14-2-6-16(25)7-3-14/h2-13H,1H3,(H,27,29)(H2,26,28,30,31). The summed E-state index contributed by atoms with van der Waals surface area (Å²) in [5.41, 5.74) is 2.55. The van der Waals surface area contributed by atoms with E-state index in [0.29, 0.717) is 33.3 Å². The van der Waals surface area contributed by atoms with Crippen LogP contribution in [0.2, 0.25) is 5.02 Å². The predicted octanol–water partition coefficient (Wildman–Crippen LogP) is 4.08. The van der Waals surface area contributed by atoms with Gasteiger partial charge in [-0.05, 0) is 66.2 Å². The molecule has 0 saturated heterocycles. The third-order valence-electron chi connectivity index (χ3n) is 4.83. The fourth-order valence-electron chi connectivity index (χ4n) is 3.19. The Balaban J connectivity index is 1.51. The molecule has 0 radical (unpaired) electrons. The monoisotopic (exact) mass is 447 g/mol. The van der Waals surface area contributed by atoms with E-state index in [4.69, 9.17) is 16.3 Å². The van der Waals surface area contributed by atoms with E-state index in [1.807, 2.05) is 0 Å². The first-order valence-electron chi connectivity index (χ1n) is 9.63. The van der Waals surface area contributed by atoms with Crippen LogP contribution in [0.25, 0.3) is 5.57 Å². The van der Waals surface area contributed by atoms with Gasteiger partial charge in [-0.2, -0.15) is 0 Å². The zero-order valence-electron chi connectivity index (χ0n) is 16.9. The molecule has 0 fully saturated rings. The van der Waals surface area contributed by atoms with Gasteiger partial charge >= 0.3 is 0 Å². The Kier molecular flexibility index (Phi) is 5.91. The van der Waals surface area contributed by atoms with Crippen molar-refractivity contribution in [2.45, 2.75) is 0 Å². The number of carbonyl (C=O) groups is 3. The Morgan fingerprint density at radius 2 is 1.47 bits per heavy atom. The number of nitrogens with one attached hydrogen (secondary N) is 3. The van der Waals surface area contributed by atoms with Crippen LogP contribution in [0.15, 0.2) is 78.5 Å². The molecule has 3 aromatic carbocycles. The van der Waals surface area contributed by atoms with Crippen LogP contribution in [0, 0.1) is 0 Å². The fraction of sp³-hybridized carbons (Fsp3) is 0.0417. The molecule has 1 heterocycles. The summed E-state index contributed by atoms with van der Waals surface area (Å²) in [6.07, 6.45) is 0. The molecule has 0 aliphatic carbocycles. The van der Waals surface area contributed by atoms with Crippen molar-refractivity contribution in [3.05, 3.63) is 94.6 Å². The highest BCUT2D eigenvalue weighted by Gasteiger charge is 2.31. The second-order valence-electron chi connectivity index (χ2n) is 6.93. The highest BCUT2D eigenvalue weighted by atomic mass is 35.5. The van der Waals surface area contributed by atoms with Crippen molar-refractivity contribution in [3.8, 4) is 5.75 Å². The Morgan fingerprint density at radius 3 is 2.09 bits per heavy atom. The topological polar surface area (TPSA) is 96.5 Å². The van der Waals surface area contributed by atoms with Crippen LogP contribution in [-0.4, -0.2) is 24.8 Å². The third kappa shape index (κ3) is 4.48. The largest absolute Gasteiger partial charge is 0.497 e. The number of amides is 3. The van der Waals surface area contributed by atoms with E-state index < -0.39 is 11.8 Å². The quantitative estimate of drug-likeness (QED) is 0.495. The molecule has 3 amide bonds. The summed E-state index contributed by atoms with van der Waals surface area (Å²) in [5.74, 6) is -0.603. The van der Waals surface area contributed by atoms with Crippen LogP contribution in [0.1, 0.15) is 15.9 Å². The molecule has 0 atom stereocenters. The van der Waals surface area contributed by atoms with Gasteiger partial charge in [0, 0.05) is 22.0 Å². The van der Waals surface area contributed by atoms with Crippen LogP contribution in [-0.2, 0) is 9.59 Å². The maximum absolute atomic E-state index is 12.5. The maximum atomic E-state index is 12.5. The van der Waals surface area contributed by atoms with Crippen molar-refractivity contribution in [2.24, 2.45) is 0 Å². The Bertz CT molecular complexity index is 1220. The molecule has 1 aliphatic rings. The lowest BCUT2D eigenvalue weighted by atomic mass is 10.0. The van der Waals surface area contributed by atoms with Crippen molar-refractivity contribution in [1.82, 2.24) is 5.32 Å². The van der Waals surface area contributed by atoms with Crippen LogP contribution in [0.3, 0.4) is 0 Å². The fourth-order valence-corrected chi connectivity index (χ4v) is 3.32. The summed E-state index contributed by atoms with van der Waals surface area (Å²) < 4.78 is 5.10. The predicted molar refractivity (Wildman–Crippen MR) is 123 cm³/mol. The lowest BCUT2D eigenvalue weighted by Gasteiger charge is -2.10. The van der Waals surface area contributed by atoms with Crippen LogP contribution >= 0.6 is 11.6 Å². The highest BCUT2D eigenvalue weighted by molar-refractivity contribution is 6.37. The van der Waals surface area contributed by atoms with Gasteiger partial charge in [0.05, 0.1) is 12.7 Å². The van der Waals surface area contributed by atoms with Gasteiger partial charge in [0.2, 0.25) is 0 Å². The second-order valence-corrected chi connectivity index (χ2v) is 7.36. The molecule has 0 bridgehead atoms. The van der Waals surface area contributed by atoms with Gasteiger partial charge in [-0.3, -0.25) is 19.7 Å². The third-order valence-corrected chi connectivity index (χ3v) is 5.08. The van der Waals surface area contributed by atoms with E-state index in [9.17, 15) is 14.4 Å². The molecule has 1 aliphatic heterocycles. The number of hydrogen-bond acceptors (Lipinski definition) is 5. The second kappa shape index (κ2) is 8.95. The maximum Gasteiger partial charge on any atom is 0.275 e. The zero-order valence-corrected chi connectivity index (χ0v) is 17.7. The molecule has 7 nitrogen and oxygen atoms in total. The average molecular weight is 448 g/mol. The average Bonchev–Trinajstić information content (AvgIpc) is 3.08. The Labute approximate surface area is 189 Å². The normalized spacial score (nSPS) is 13.1. The first-order valence-corrected chi connectivity index (χ1v) is 10.0. The highest BCUT2D eigenvalue weighted by Crippen LogP contribution is 2.27. The molecule has 0 spiro atoms. The Morgan fingerprint density at radius 1 is 0.844 bits per heavy atom. The molecular formula is C24H18ClN3O4. The number of halogens is 1. The van der Waals surface area contributed by atoms with Gasteiger partial charge in [-0.15, -0.1) is 0 Å². The zero-order chi connectivity index (χ0) is 22.7. The summed E-state index contributed by atoms with van der Waals surface area (Å²) in [6, 6.07) is 20.2. The number of rotatable bonds is 6. The van der Waals surface area contributed by atoms with Crippen molar-refractivity contribution in [1.29, 1.82) is 0 Å². The molecule has 160 valence electrons. The molecule has 0 unspecified atom stereocenters. The van der Waals surface area contributed by atoms with Crippen molar-refractivity contribution < 1.29 is 19.1 Å². The van der Waals surface area contributed by atoms with Crippen molar-refractivity contribution in [3.63, 3.8) is 0 Å². The van der Waals surface area contributed by atoms with E-state index in [0.717, 1.165) is 0 Å². The first-order chi connectivity index (χ1) is 15.4. The summed E-state index contributed by atoms with van der Waals surface area (Å²) in [4.78, 5) is 37.1. The number of ether oxygens (including phenoxy) is 1. The van der Waals surface area contributed by atoms with E-state index in [1.165, 1.54) is 0 Å². The lowest BCUT2D eigenvalue weighted by molar-refractivity contribution is -0.123.